The van der Waals surface area contributed by atoms with Crippen molar-refractivity contribution < 1.29 is 9.59 Å². The molecule has 1 aliphatic carbocycles. The van der Waals surface area contributed by atoms with E-state index in [1.807, 2.05) is 42.5 Å². The topological polar surface area (TPSA) is 84.0 Å². The van der Waals surface area contributed by atoms with Crippen molar-refractivity contribution in [2.24, 2.45) is 0 Å². The number of nitrogens with zero attached hydrogens (tertiary/aromatic N) is 2. The summed E-state index contributed by atoms with van der Waals surface area (Å²) in [6, 6.07) is 23.2. The van der Waals surface area contributed by atoms with Gasteiger partial charge in [0.15, 0.2) is 5.78 Å². The highest BCUT2D eigenvalue weighted by molar-refractivity contribution is 6.37. The van der Waals surface area contributed by atoms with Gasteiger partial charge in [-0.25, -0.2) is 9.97 Å². The van der Waals surface area contributed by atoms with Gasteiger partial charge in [-0.3, -0.25) is 9.59 Å². The number of rotatable bonds is 4. The second-order valence-corrected chi connectivity index (χ2v) is 9.08. The van der Waals surface area contributed by atoms with Crippen molar-refractivity contribution in [1.82, 2.24) is 9.97 Å². The molecule has 0 aliphatic heterocycles. The fraction of sp³-hybridized carbons (Fsp3) is 0. The van der Waals surface area contributed by atoms with Crippen LogP contribution in [-0.2, 0) is 0 Å². The molecule has 1 heterocycles. The Kier molecular flexibility index (Phi) is 5.40. The van der Waals surface area contributed by atoms with Gasteiger partial charge < -0.3 is 10.6 Å². The number of anilines is 3. The van der Waals surface area contributed by atoms with Gasteiger partial charge in [-0.2, -0.15) is 0 Å². The molecule has 0 bridgehead atoms. The van der Waals surface area contributed by atoms with Crippen LogP contribution in [0, 0.1) is 0 Å². The molecule has 5 aromatic rings. The van der Waals surface area contributed by atoms with E-state index < -0.39 is 5.91 Å². The molecule has 0 unspecified atom stereocenters. The Labute approximate surface area is 215 Å². The summed E-state index contributed by atoms with van der Waals surface area (Å²) in [4.78, 5) is 36.1. The maximum absolute atomic E-state index is 13.7. The first kappa shape index (κ1) is 22.2. The number of ketones is 1. The normalized spacial score (nSPS) is 11.8. The van der Waals surface area contributed by atoms with Crippen molar-refractivity contribution >= 4 is 62.9 Å². The van der Waals surface area contributed by atoms with E-state index in [0.29, 0.717) is 44.1 Å². The third-order valence-electron chi connectivity index (χ3n) is 6.04. The molecule has 0 fully saturated rings. The first-order valence-corrected chi connectivity index (χ1v) is 11.8. The predicted molar refractivity (Wildman–Crippen MR) is 143 cm³/mol. The molecule has 6 nitrogen and oxygen atoms in total. The first-order chi connectivity index (χ1) is 17.5. The molecule has 36 heavy (non-hydrogen) atoms. The van der Waals surface area contributed by atoms with Gasteiger partial charge >= 0.3 is 0 Å². The number of amides is 1. The van der Waals surface area contributed by atoms with Crippen LogP contribution in [0.2, 0.25) is 10.0 Å². The molecule has 4 aromatic carbocycles. The Morgan fingerprint density at radius 1 is 0.806 bits per heavy atom. The lowest BCUT2D eigenvalue weighted by atomic mass is 9.85. The van der Waals surface area contributed by atoms with Crippen molar-refractivity contribution in [3.63, 3.8) is 0 Å². The maximum atomic E-state index is 13.7. The molecule has 0 saturated heterocycles. The summed E-state index contributed by atoms with van der Waals surface area (Å²) in [5.74, 6) is -0.717. The van der Waals surface area contributed by atoms with Gasteiger partial charge in [-0.15, -0.1) is 0 Å². The average Bonchev–Trinajstić information content (AvgIpc) is 2.90. The summed E-state index contributed by atoms with van der Waals surface area (Å²) in [6.07, 6.45) is 1.48. The zero-order valence-corrected chi connectivity index (χ0v) is 20.1. The SMILES string of the molecule is O=C(Nc1cc(Nc2ccccc2)c2ncnc3c2c1C(=O)c1ccccc1-3)c1cc(Cl)ccc1Cl. The molecule has 6 rings (SSSR count). The Morgan fingerprint density at radius 3 is 2.36 bits per heavy atom. The Hall–Kier alpha value is -4.26. The minimum atomic E-state index is -0.492. The number of benzene rings is 4. The summed E-state index contributed by atoms with van der Waals surface area (Å²) in [5.41, 5.74) is 4.69. The summed E-state index contributed by atoms with van der Waals surface area (Å²) >= 11 is 12.4. The Balaban J connectivity index is 1.59. The van der Waals surface area contributed by atoms with Gasteiger partial charge in [-0.1, -0.05) is 65.7 Å². The van der Waals surface area contributed by atoms with Crippen LogP contribution in [0.25, 0.3) is 22.2 Å². The summed E-state index contributed by atoms with van der Waals surface area (Å²) in [7, 11) is 0. The largest absolute Gasteiger partial charge is 0.354 e. The van der Waals surface area contributed by atoms with Crippen LogP contribution >= 0.6 is 23.2 Å². The zero-order valence-electron chi connectivity index (χ0n) is 18.5. The third kappa shape index (κ3) is 3.68. The fourth-order valence-electron chi connectivity index (χ4n) is 4.44. The van der Waals surface area contributed by atoms with E-state index in [1.165, 1.54) is 12.4 Å². The highest BCUT2D eigenvalue weighted by atomic mass is 35.5. The van der Waals surface area contributed by atoms with E-state index >= 15 is 0 Å². The summed E-state index contributed by atoms with van der Waals surface area (Å²) < 4.78 is 0. The van der Waals surface area contributed by atoms with Gasteiger partial charge in [0, 0.05) is 27.2 Å². The molecule has 1 aromatic heterocycles. The number of carbonyl (C=O) groups excluding carboxylic acids is 2. The molecule has 0 radical (unpaired) electrons. The zero-order chi connectivity index (χ0) is 24.8. The lowest BCUT2D eigenvalue weighted by Gasteiger charge is -2.23. The highest BCUT2D eigenvalue weighted by Crippen LogP contribution is 2.43. The molecule has 174 valence electrons. The monoisotopic (exact) mass is 510 g/mol. The van der Waals surface area contributed by atoms with Crippen LogP contribution in [0.15, 0.2) is 85.2 Å². The van der Waals surface area contributed by atoms with E-state index in [0.717, 1.165) is 11.3 Å². The lowest BCUT2D eigenvalue weighted by Crippen LogP contribution is -2.19. The van der Waals surface area contributed by atoms with Crippen LogP contribution in [0.5, 0.6) is 0 Å². The van der Waals surface area contributed by atoms with Gasteiger partial charge in [-0.05, 0) is 36.4 Å². The van der Waals surface area contributed by atoms with E-state index in [1.54, 1.807) is 30.3 Å². The van der Waals surface area contributed by atoms with Crippen LogP contribution < -0.4 is 10.6 Å². The number of halogens is 2. The number of nitrogens with one attached hydrogen (secondary N) is 2. The van der Waals surface area contributed by atoms with Crippen molar-refractivity contribution in [2.75, 3.05) is 10.6 Å². The molecule has 2 N–H and O–H groups in total. The number of hydrogen-bond donors (Lipinski definition) is 2. The van der Waals surface area contributed by atoms with Crippen LogP contribution in [-0.4, -0.2) is 21.7 Å². The van der Waals surface area contributed by atoms with Crippen LogP contribution in [0.1, 0.15) is 26.3 Å². The van der Waals surface area contributed by atoms with E-state index in [2.05, 4.69) is 20.6 Å². The van der Waals surface area contributed by atoms with Gasteiger partial charge in [0.1, 0.15) is 6.33 Å². The first-order valence-electron chi connectivity index (χ1n) is 11.1. The van der Waals surface area contributed by atoms with E-state index in [-0.39, 0.29) is 16.4 Å². The summed E-state index contributed by atoms with van der Waals surface area (Å²) in [6.45, 7) is 0. The Bertz CT molecular complexity index is 1700. The van der Waals surface area contributed by atoms with Gasteiger partial charge in [0.2, 0.25) is 0 Å². The number of para-hydroxylation sites is 1. The average molecular weight is 511 g/mol. The van der Waals surface area contributed by atoms with Crippen molar-refractivity contribution in [3.8, 4) is 11.3 Å². The molecular formula is C28H16Cl2N4O2. The highest BCUT2D eigenvalue weighted by Gasteiger charge is 2.31. The van der Waals surface area contributed by atoms with Crippen molar-refractivity contribution in [3.05, 3.63) is 112 Å². The smallest absolute Gasteiger partial charge is 0.257 e. The van der Waals surface area contributed by atoms with Crippen LogP contribution in [0.4, 0.5) is 17.1 Å². The number of aromatic nitrogens is 2. The summed E-state index contributed by atoms with van der Waals surface area (Å²) in [5, 5.41) is 7.43. The Morgan fingerprint density at radius 2 is 1.56 bits per heavy atom. The van der Waals surface area contributed by atoms with E-state index in [9.17, 15) is 9.59 Å². The minimum Gasteiger partial charge on any atom is -0.354 e. The second-order valence-electron chi connectivity index (χ2n) is 8.24. The fourth-order valence-corrected chi connectivity index (χ4v) is 4.82. The standard InChI is InChI=1S/C28H16Cl2N4O2/c29-15-10-11-20(30)19(12-15)28(36)34-21-13-22(33-16-6-2-1-3-7-16)26-24-23(21)27(35)18-9-5-4-8-17(18)25(24)31-14-32-26/h1-14,33H,(H,34,36). The van der Waals surface area contributed by atoms with Gasteiger partial charge in [0.25, 0.3) is 5.91 Å². The molecule has 0 spiro atoms. The van der Waals surface area contributed by atoms with E-state index in [4.69, 9.17) is 23.2 Å². The molecule has 1 aliphatic rings. The van der Waals surface area contributed by atoms with Crippen molar-refractivity contribution in [2.45, 2.75) is 0 Å². The molecule has 1 amide bonds. The molecule has 0 atom stereocenters. The molecule has 0 saturated carbocycles. The quantitative estimate of drug-likeness (QED) is 0.263. The molecule has 8 heteroatoms. The maximum Gasteiger partial charge on any atom is 0.257 e. The minimum absolute atomic E-state index is 0.197. The number of fused-ring (bicyclic) bond motifs is 2. The van der Waals surface area contributed by atoms with Gasteiger partial charge in [0.05, 0.1) is 38.7 Å². The second kappa shape index (κ2) is 8.75. The lowest BCUT2D eigenvalue weighted by molar-refractivity contribution is 0.102. The van der Waals surface area contributed by atoms with Crippen molar-refractivity contribution in [1.29, 1.82) is 0 Å². The molecular weight excluding hydrogens is 495 g/mol. The number of hydrogen-bond acceptors (Lipinski definition) is 5. The predicted octanol–water partition coefficient (Wildman–Crippen LogP) is 7.14. The van der Waals surface area contributed by atoms with Crippen LogP contribution in [0.3, 0.4) is 0 Å². The number of carbonyl (C=O) groups is 2. The third-order valence-corrected chi connectivity index (χ3v) is 6.60.